The molecular formula is C73H143NO5. The van der Waals surface area contributed by atoms with Gasteiger partial charge < -0.3 is 20.3 Å². The summed E-state index contributed by atoms with van der Waals surface area (Å²) in [5, 5.41) is 23.4. The number of amides is 1. The van der Waals surface area contributed by atoms with E-state index in [4.69, 9.17) is 4.74 Å². The number of aliphatic hydroxyl groups is 2. The molecule has 2 atom stereocenters. The number of unbranched alkanes of at least 4 members (excludes halogenated alkanes) is 56. The van der Waals surface area contributed by atoms with E-state index in [9.17, 15) is 19.8 Å². The lowest BCUT2D eigenvalue weighted by Gasteiger charge is -2.22. The molecular weight excluding hydrogens is 971 g/mol. The highest BCUT2D eigenvalue weighted by Crippen LogP contribution is 2.19. The molecule has 0 heterocycles. The van der Waals surface area contributed by atoms with E-state index in [0.717, 1.165) is 38.5 Å². The van der Waals surface area contributed by atoms with Crippen molar-refractivity contribution >= 4 is 11.9 Å². The van der Waals surface area contributed by atoms with Crippen LogP contribution in [0.3, 0.4) is 0 Å². The standard InChI is InChI=1S/C73H143NO5/c1-3-5-7-9-11-13-15-17-19-21-23-30-33-37-41-45-49-53-57-61-65-71(76)70(69-75)74-72(77)66-62-58-54-50-46-42-38-34-31-28-26-24-25-27-29-32-36-40-44-48-52-56-60-64-68-79-73(78)67-63-59-55-51-47-43-39-35-22-20-18-16-14-12-10-8-6-4-2/h26,28,70-71,75-76H,3-25,27,29-69H2,1-2H3,(H,74,77)/b28-26-. The summed E-state index contributed by atoms with van der Waals surface area (Å²) in [5.74, 6) is -0.0165. The third-order valence-corrected chi connectivity index (χ3v) is 17.3. The first kappa shape index (κ1) is 77.6. The van der Waals surface area contributed by atoms with Gasteiger partial charge in [-0.15, -0.1) is 0 Å². The molecule has 0 bridgehead atoms. The summed E-state index contributed by atoms with van der Waals surface area (Å²) in [6.45, 7) is 5.00. The molecule has 3 N–H and O–H groups in total. The summed E-state index contributed by atoms with van der Waals surface area (Å²) in [6, 6.07) is -0.545. The monoisotopic (exact) mass is 1110 g/mol. The molecule has 0 aromatic carbocycles. The average Bonchev–Trinajstić information content (AvgIpc) is 3.45. The van der Waals surface area contributed by atoms with Crippen LogP contribution in [0.15, 0.2) is 12.2 Å². The number of hydrogen-bond acceptors (Lipinski definition) is 5. The predicted octanol–water partition coefficient (Wildman–Crippen LogP) is 23.5. The van der Waals surface area contributed by atoms with Crippen molar-refractivity contribution < 1.29 is 24.5 Å². The Morgan fingerprint density at radius 1 is 0.342 bits per heavy atom. The van der Waals surface area contributed by atoms with Crippen molar-refractivity contribution in [2.75, 3.05) is 13.2 Å². The molecule has 0 aliphatic carbocycles. The fraction of sp³-hybridized carbons (Fsp3) is 0.945. The van der Waals surface area contributed by atoms with Gasteiger partial charge in [0.2, 0.25) is 5.91 Å². The van der Waals surface area contributed by atoms with E-state index >= 15 is 0 Å². The van der Waals surface area contributed by atoms with E-state index in [1.807, 2.05) is 0 Å². The van der Waals surface area contributed by atoms with Crippen LogP contribution in [0, 0.1) is 0 Å². The van der Waals surface area contributed by atoms with Crippen LogP contribution in [0.1, 0.15) is 418 Å². The number of ether oxygens (including phenoxy) is 1. The summed E-state index contributed by atoms with van der Waals surface area (Å²) < 4.78 is 5.51. The van der Waals surface area contributed by atoms with Crippen molar-refractivity contribution in [2.24, 2.45) is 0 Å². The van der Waals surface area contributed by atoms with E-state index in [2.05, 4.69) is 31.3 Å². The van der Waals surface area contributed by atoms with Crippen LogP contribution >= 0.6 is 0 Å². The Hall–Kier alpha value is -1.40. The van der Waals surface area contributed by atoms with E-state index in [1.54, 1.807) is 0 Å². The second kappa shape index (κ2) is 69.1. The number of hydrogen-bond donors (Lipinski definition) is 3. The lowest BCUT2D eigenvalue weighted by atomic mass is 10.0. The van der Waals surface area contributed by atoms with E-state index in [-0.39, 0.29) is 18.5 Å². The van der Waals surface area contributed by atoms with Crippen molar-refractivity contribution in [2.45, 2.75) is 431 Å². The van der Waals surface area contributed by atoms with Crippen molar-refractivity contribution in [1.82, 2.24) is 5.32 Å². The molecule has 6 nitrogen and oxygen atoms in total. The van der Waals surface area contributed by atoms with Crippen LogP contribution in [0.5, 0.6) is 0 Å². The molecule has 0 aliphatic heterocycles. The molecule has 470 valence electrons. The SMILES string of the molecule is CCCCCCCCCCCCCCCCCCCCCCC(O)C(CO)NC(=O)CCCCCCCCCC/C=C\CCCCCCCCCCCCCCOC(=O)CCCCCCCCCCCCCCCCCCCC. The minimum absolute atomic E-state index is 0.0182. The number of esters is 1. The number of aliphatic hydroxyl groups excluding tert-OH is 2. The fourth-order valence-corrected chi connectivity index (χ4v) is 11.8. The van der Waals surface area contributed by atoms with Gasteiger partial charge in [0.25, 0.3) is 0 Å². The van der Waals surface area contributed by atoms with Crippen LogP contribution in [0.4, 0.5) is 0 Å². The highest BCUT2D eigenvalue weighted by molar-refractivity contribution is 5.76. The van der Waals surface area contributed by atoms with Crippen LogP contribution in [0.2, 0.25) is 0 Å². The zero-order chi connectivity index (χ0) is 57.1. The minimum atomic E-state index is -0.668. The Labute approximate surface area is 495 Å². The molecule has 0 aliphatic rings. The summed E-state index contributed by atoms with van der Waals surface area (Å²) in [7, 11) is 0. The Morgan fingerprint density at radius 2 is 0.595 bits per heavy atom. The molecule has 0 saturated heterocycles. The van der Waals surface area contributed by atoms with Gasteiger partial charge in [-0.2, -0.15) is 0 Å². The van der Waals surface area contributed by atoms with Crippen LogP contribution in [0.25, 0.3) is 0 Å². The predicted molar refractivity (Wildman–Crippen MR) is 347 cm³/mol. The number of carbonyl (C=O) groups excluding carboxylic acids is 2. The second-order valence-corrected chi connectivity index (χ2v) is 25.3. The van der Waals surface area contributed by atoms with Crippen LogP contribution in [-0.2, 0) is 14.3 Å². The number of carbonyl (C=O) groups is 2. The first-order chi connectivity index (χ1) is 39.0. The Morgan fingerprint density at radius 3 is 0.899 bits per heavy atom. The van der Waals surface area contributed by atoms with Gasteiger partial charge in [0, 0.05) is 12.8 Å². The highest BCUT2D eigenvalue weighted by atomic mass is 16.5. The molecule has 79 heavy (non-hydrogen) atoms. The maximum atomic E-state index is 12.5. The van der Waals surface area contributed by atoms with Gasteiger partial charge in [0.15, 0.2) is 0 Å². The lowest BCUT2D eigenvalue weighted by molar-refractivity contribution is -0.143. The molecule has 0 rings (SSSR count). The van der Waals surface area contributed by atoms with E-state index < -0.39 is 12.1 Å². The largest absolute Gasteiger partial charge is 0.466 e. The third kappa shape index (κ3) is 65.6. The van der Waals surface area contributed by atoms with Gasteiger partial charge in [0.1, 0.15) is 0 Å². The third-order valence-electron chi connectivity index (χ3n) is 17.3. The Kier molecular flexibility index (Phi) is 67.9. The smallest absolute Gasteiger partial charge is 0.305 e. The van der Waals surface area contributed by atoms with E-state index in [1.165, 1.54) is 347 Å². The molecule has 0 radical (unpaired) electrons. The Balaban J connectivity index is 3.38. The molecule has 0 spiro atoms. The molecule has 0 aromatic rings. The number of allylic oxidation sites excluding steroid dienone is 2. The molecule has 1 amide bonds. The average molecular weight is 1110 g/mol. The van der Waals surface area contributed by atoms with Crippen molar-refractivity contribution in [3.8, 4) is 0 Å². The van der Waals surface area contributed by atoms with Crippen molar-refractivity contribution in [3.63, 3.8) is 0 Å². The first-order valence-electron chi connectivity index (χ1n) is 36.4. The topological polar surface area (TPSA) is 95.9 Å². The lowest BCUT2D eigenvalue weighted by Crippen LogP contribution is -2.45. The maximum Gasteiger partial charge on any atom is 0.305 e. The van der Waals surface area contributed by atoms with Gasteiger partial charge in [-0.25, -0.2) is 0 Å². The quantitative estimate of drug-likeness (QED) is 0.0320. The number of rotatable bonds is 69. The van der Waals surface area contributed by atoms with Gasteiger partial charge in [-0.1, -0.05) is 366 Å². The molecule has 0 fully saturated rings. The van der Waals surface area contributed by atoms with E-state index in [0.29, 0.717) is 25.9 Å². The Bertz CT molecular complexity index is 1190. The second-order valence-electron chi connectivity index (χ2n) is 25.3. The maximum absolute atomic E-state index is 12.5. The van der Waals surface area contributed by atoms with Crippen molar-refractivity contribution in [1.29, 1.82) is 0 Å². The fourth-order valence-electron chi connectivity index (χ4n) is 11.8. The van der Waals surface area contributed by atoms with Gasteiger partial charge in [-0.05, 0) is 51.4 Å². The number of nitrogens with one attached hydrogen (secondary N) is 1. The minimum Gasteiger partial charge on any atom is -0.466 e. The zero-order valence-electron chi connectivity index (χ0n) is 53.9. The zero-order valence-corrected chi connectivity index (χ0v) is 53.9. The van der Waals surface area contributed by atoms with Gasteiger partial charge >= 0.3 is 5.97 Å². The summed E-state index contributed by atoms with van der Waals surface area (Å²) in [5.41, 5.74) is 0. The molecule has 6 heteroatoms. The highest BCUT2D eigenvalue weighted by Gasteiger charge is 2.20. The van der Waals surface area contributed by atoms with Crippen LogP contribution < -0.4 is 5.32 Å². The van der Waals surface area contributed by atoms with Crippen molar-refractivity contribution in [3.05, 3.63) is 12.2 Å². The molecule has 0 saturated carbocycles. The summed E-state index contributed by atoms with van der Waals surface area (Å²) in [4.78, 5) is 24.7. The van der Waals surface area contributed by atoms with Gasteiger partial charge in [0.05, 0.1) is 25.4 Å². The summed E-state index contributed by atoms with van der Waals surface area (Å²) in [6.07, 6.45) is 85.5. The normalized spacial score (nSPS) is 12.5. The first-order valence-corrected chi connectivity index (χ1v) is 36.4. The molecule has 0 aromatic heterocycles. The summed E-state index contributed by atoms with van der Waals surface area (Å²) >= 11 is 0. The van der Waals surface area contributed by atoms with Crippen LogP contribution in [-0.4, -0.2) is 47.4 Å². The van der Waals surface area contributed by atoms with Gasteiger partial charge in [-0.3, -0.25) is 9.59 Å². The molecule has 2 unspecified atom stereocenters.